The minimum Gasteiger partial charge on any atom is -0.465 e. The van der Waals surface area contributed by atoms with Crippen LogP contribution in [0.3, 0.4) is 0 Å². The van der Waals surface area contributed by atoms with Gasteiger partial charge in [-0.15, -0.1) is 0 Å². The van der Waals surface area contributed by atoms with Crippen LogP contribution in [0.2, 0.25) is 10.0 Å². The van der Waals surface area contributed by atoms with Gasteiger partial charge in [0.05, 0.1) is 28.9 Å². The fourth-order valence-electron chi connectivity index (χ4n) is 2.32. The van der Waals surface area contributed by atoms with Crippen molar-refractivity contribution in [2.45, 2.75) is 0 Å². The number of H-pyrrole nitrogens is 1. The first-order chi connectivity index (χ1) is 10.9. The SMILES string of the molecule is COC(=O)c1cc(F)c2c(c1)[nH]c(=O)n2-c1ccc(Cl)cc1Cl. The van der Waals surface area contributed by atoms with Gasteiger partial charge in [0.1, 0.15) is 11.3 Å². The fraction of sp³-hybridized carbons (Fsp3) is 0.0667. The normalized spacial score (nSPS) is 11.0. The van der Waals surface area contributed by atoms with Gasteiger partial charge in [-0.3, -0.25) is 4.57 Å². The number of carbonyl (C=O) groups is 1. The molecule has 0 saturated carbocycles. The van der Waals surface area contributed by atoms with Gasteiger partial charge in [-0.05, 0) is 30.3 Å². The van der Waals surface area contributed by atoms with E-state index in [-0.39, 0.29) is 27.3 Å². The fourth-order valence-corrected chi connectivity index (χ4v) is 2.82. The first-order valence-electron chi connectivity index (χ1n) is 6.40. The first kappa shape index (κ1) is 15.6. The average molecular weight is 355 g/mol. The number of carbonyl (C=O) groups excluding carboxylic acids is 1. The van der Waals surface area contributed by atoms with E-state index in [1.807, 2.05) is 0 Å². The number of halogens is 3. The van der Waals surface area contributed by atoms with Gasteiger partial charge in [-0.2, -0.15) is 0 Å². The number of rotatable bonds is 2. The first-order valence-corrected chi connectivity index (χ1v) is 7.16. The van der Waals surface area contributed by atoms with Crippen LogP contribution in [-0.2, 0) is 4.74 Å². The molecule has 3 rings (SSSR count). The number of imidazole rings is 1. The van der Waals surface area contributed by atoms with Gasteiger partial charge < -0.3 is 9.72 Å². The van der Waals surface area contributed by atoms with Crippen molar-refractivity contribution in [2.24, 2.45) is 0 Å². The van der Waals surface area contributed by atoms with Crippen LogP contribution >= 0.6 is 23.2 Å². The highest BCUT2D eigenvalue weighted by Gasteiger charge is 2.18. The van der Waals surface area contributed by atoms with Gasteiger partial charge >= 0.3 is 11.7 Å². The molecule has 0 aliphatic heterocycles. The third kappa shape index (κ3) is 2.60. The summed E-state index contributed by atoms with van der Waals surface area (Å²) in [6, 6.07) is 6.83. The van der Waals surface area contributed by atoms with Crippen LogP contribution in [0, 0.1) is 5.82 Å². The number of methoxy groups -OCH3 is 1. The number of nitrogens with one attached hydrogen (secondary N) is 1. The van der Waals surface area contributed by atoms with Gasteiger partial charge in [0.15, 0.2) is 0 Å². The molecule has 0 spiro atoms. The molecule has 0 unspecified atom stereocenters. The lowest BCUT2D eigenvalue weighted by Gasteiger charge is -2.07. The van der Waals surface area contributed by atoms with E-state index in [1.165, 1.54) is 31.4 Å². The number of aromatic nitrogens is 2. The molecule has 0 saturated heterocycles. The molecule has 2 aromatic carbocycles. The lowest BCUT2D eigenvalue weighted by atomic mass is 10.2. The molecule has 1 aromatic heterocycles. The Balaban J connectivity index is 2.33. The molecular formula is C15H9Cl2FN2O3. The molecule has 1 heterocycles. The summed E-state index contributed by atoms with van der Waals surface area (Å²) in [6.07, 6.45) is 0. The lowest BCUT2D eigenvalue weighted by molar-refractivity contribution is 0.0600. The second kappa shape index (κ2) is 5.72. The highest BCUT2D eigenvalue weighted by molar-refractivity contribution is 6.35. The van der Waals surface area contributed by atoms with Gasteiger partial charge in [0, 0.05) is 5.02 Å². The Morgan fingerprint density at radius 2 is 2.00 bits per heavy atom. The van der Waals surface area contributed by atoms with Gasteiger partial charge in [0.2, 0.25) is 0 Å². The Morgan fingerprint density at radius 1 is 1.26 bits per heavy atom. The summed E-state index contributed by atoms with van der Waals surface area (Å²) in [5, 5.41) is 0.581. The standard InChI is InChI=1S/C15H9Cl2FN2O3/c1-23-14(21)7-4-10(18)13-11(5-7)19-15(22)20(13)12-3-2-8(16)6-9(12)17/h2-6H,1H3,(H,19,22). The molecule has 1 N–H and O–H groups in total. The highest BCUT2D eigenvalue weighted by Crippen LogP contribution is 2.27. The zero-order valence-electron chi connectivity index (χ0n) is 11.7. The minimum atomic E-state index is -0.757. The van der Waals surface area contributed by atoms with E-state index in [2.05, 4.69) is 9.72 Å². The second-order valence-corrected chi connectivity index (χ2v) is 5.55. The molecule has 0 bridgehead atoms. The Bertz CT molecular complexity index is 994. The van der Waals surface area contributed by atoms with E-state index in [0.29, 0.717) is 5.02 Å². The maximum Gasteiger partial charge on any atom is 0.338 e. The smallest absolute Gasteiger partial charge is 0.338 e. The Labute approximate surface area is 139 Å². The number of hydrogen-bond donors (Lipinski definition) is 1. The van der Waals surface area contributed by atoms with E-state index in [1.54, 1.807) is 0 Å². The van der Waals surface area contributed by atoms with Crippen LogP contribution in [0.15, 0.2) is 35.1 Å². The van der Waals surface area contributed by atoms with Crippen LogP contribution in [0.25, 0.3) is 16.7 Å². The molecule has 0 aliphatic rings. The second-order valence-electron chi connectivity index (χ2n) is 4.71. The predicted molar refractivity (Wildman–Crippen MR) is 85.2 cm³/mol. The Hall–Kier alpha value is -2.31. The minimum absolute atomic E-state index is 0.00639. The average Bonchev–Trinajstić information content (AvgIpc) is 2.83. The van der Waals surface area contributed by atoms with E-state index in [0.717, 1.165) is 10.6 Å². The number of esters is 1. The van der Waals surface area contributed by atoms with Crippen LogP contribution in [0.5, 0.6) is 0 Å². The van der Waals surface area contributed by atoms with Crippen LogP contribution in [0.1, 0.15) is 10.4 Å². The molecule has 8 heteroatoms. The third-order valence-corrected chi connectivity index (χ3v) is 3.84. The van der Waals surface area contributed by atoms with Crippen LogP contribution in [0.4, 0.5) is 4.39 Å². The van der Waals surface area contributed by atoms with Crippen molar-refractivity contribution in [3.63, 3.8) is 0 Å². The number of fused-ring (bicyclic) bond motifs is 1. The summed E-state index contributed by atoms with van der Waals surface area (Å²) in [6.45, 7) is 0. The van der Waals surface area contributed by atoms with Gasteiger partial charge in [-0.25, -0.2) is 14.0 Å². The van der Waals surface area contributed by atoms with Crippen molar-refractivity contribution in [3.8, 4) is 5.69 Å². The molecular weight excluding hydrogens is 346 g/mol. The number of hydrogen-bond acceptors (Lipinski definition) is 3. The van der Waals surface area contributed by atoms with Crippen molar-refractivity contribution in [2.75, 3.05) is 7.11 Å². The lowest BCUT2D eigenvalue weighted by Crippen LogP contribution is -2.15. The Morgan fingerprint density at radius 3 is 2.65 bits per heavy atom. The van der Waals surface area contributed by atoms with Crippen molar-refractivity contribution < 1.29 is 13.9 Å². The Kier molecular flexibility index (Phi) is 3.87. The molecule has 0 radical (unpaired) electrons. The number of ether oxygens (including phenoxy) is 1. The van der Waals surface area contributed by atoms with E-state index in [4.69, 9.17) is 23.2 Å². The summed E-state index contributed by atoms with van der Waals surface area (Å²) in [5.41, 5.74) is -0.191. The quantitative estimate of drug-likeness (QED) is 0.715. The van der Waals surface area contributed by atoms with Gasteiger partial charge in [0.25, 0.3) is 0 Å². The summed E-state index contributed by atoms with van der Waals surface area (Å²) in [4.78, 5) is 26.2. The number of nitrogens with zero attached hydrogens (tertiary/aromatic N) is 1. The zero-order chi connectivity index (χ0) is 16.7. The monoisotopic (exact) mass is 354 g/mol. The van der Waals surface area contributed by atoms with Gasteiger partial charge in [-0.1, -0.05) is 23.2 Å². The maximum absolute atomic E-state index is 14.5. The topological polar surface area (TPSA) is 64.1 Å². The predicted octanol–water partition coefficient (Wildman–Crippen LogP) is 3.55. The number of benzene rings is 2. The molecule has 0 aliphatic carbocycles. The molecule has 0 atom stereocenters. The highest BCUT2D eigenvalue weighted by atomic mass is 35.5. The number of aromatic amines is 1. The van der Waals surface area contributed by atoms with E-state index >= 15 is 0 Å². The van der Waals surface area contributed by atoms with E-state index < -0.39 is 17.5 Å². The van der Waals surface area contributed by atoms with Crippen molar-refractivity contribution >= 4 is 40.2 Å². The molecule has 0 fully saturated rings. The molecule has 118 valence electrons. The zero-order valence-corrected chi connectivity index (χ0v) is 13.2. The molecule has 0 amide bonds. The van der Waals surface area contributed by atoms with Crippen molar-refractivity contribution in [1.82, 2.24) is 9.55 Å². The maximum atomic E-state index is 14.5. The summed E-state index contributed by atoms with van der Waals surface area (Å²) in [5.74, 6) is -1.46. The van der Waals surface area contributed by atoms with Crippen LogP contribution < -0.4 is 5.69 Å². The molecule has 23 heavy (non-hydrogen) atoms. The third-order valence-electron chi connectivity index (χ3n) is 3.30. The van der Waals surface area contributed by atoms with Crippen molar-refractivity contribution in [3.05, 3.63) is 62.2 Å². The molecule has 5 nitrogen and oxygen atoms in total. The molecule has 3 aromatic rings. The van der Waals surface area contributed by atoms with Crippen molar-refractivity contribution in [1.29, 1.82) is 0 Å². The van der Waals surface area contributed by atoms with E-state index in [9.17, 15) is 14.0 Å². The van der Waals surface area contributed by atoms with Crippen LogP contribution in [-0.4, -0.2) is 22.6 Å². The summed E-state index contributed by atoms with van der Waals surface area (Å²) in [7, 11) is 1.19. The largest absolute Gasteiger partial charge is 0.465 e. The summed E-state index contributed by atoms with van der Waals surface area (Å²) >= 11 is 11.9. The summed E-state index contributed by atoms with van der Waals surface area (Å²) < 4.78 is 20.1.